The van der Waals surface area contributed by atoms with Gasteiger partial charge in [-0.05, 0) is 19.4 Å². The van der Waals surface area contributed by atoms with Crippen LogP contribution in [-0.4, -0.2) is 38.3 Å². The summed E-state index contributed by atoms with van der Waals surface area (Å²) in [6, 6.07) is 0.345. The summed E-state index contributed by atoms with van der Waals surface area (Å²) in [5, 5.41) is 6.34. The van der Waals surface area contributed by atoms with E-state index in [1.54, 1.807) is 0 Å². The van der Waals surface area contributed by atoms with Gasteiger partial charge in [-0.15, -0.1) is 0 Å². The van der Waals surface area contributed by atoms with Crippen molar-refractivity contribution in [3.05, 3.63) is 0 Å². The van der Waals surface area contributed by atoms with Crippen LogP contribution in [0.15, 0.2) is 0 Å². The molecule has 4 heteroatoms. The molecular weight excluding hydrogens is 180 g/mol. The molecule has 80 valence electrons. The lowest BCUT2D eigenvalue weighted by atomic mass is 10.0. The largest absolute Gasteiger partial charge is 0.381 e. The minimum absolute atomic E-state index is 0.187. The molecule has 2 aliphatic heterocycles. The molecule has 1 amide bonds. The average molecular weight is 198 g/mol. The van der Waals surface area contributed by atoms with Gasteiger partial charge in [0.2, 0.25) is 5.91 Å². The minimum atomic E-state index is 0.187. The fourth-order valence-corrected chi connectivity index (χ4v) is 1.93. The van der Waals surface area contributed by atoms with Gasteiger partial charge in [-0.25, -0.2) is 0 Å². The molecule has 0 aliphatic carbocycles. The summed E-state index contributed by atoms with van der Waals surface area (Å²) in [6.45, 7) is 3.53. The third-order valence-corrected chi connectivity index (χ3v) is 2.84. The van der Waals surface area contributed by atoms with Gasteiger partial charge in [-0.2, -0.15) is 0 Å². The number of carbonyl (C=O) groups excluding carboxylic acids is 1. The number of carbonyl (C=O) groups is 1. The Balaban J connectivity index is 1.64. The van der Waals surface area contributed by atoms with Crippen molar-refractivity contribution in [3.63, 3.8) is 0 Å². The number of piperidine rings is 1. The quantitative estimate of drug-likeness (QED) is 0.665. The maximum Gasteiger partial charge on any atom is 0.220 e. The Morgan fingerprint density at radius 2 is 2.36 bits per heavy atom. The Labute approximate surface area is 84.4 Å². The Bertz CT molecular complexity index is 198. The van der Waals surface area contributed by atoms with Crippen molar-refractivity contribution in [2.24, 2.45) is 5.92 Å². The number of nitrogens with one attached hydrogen (secondary N) is 2. The fraction of sp³-hybridized carbons (Fsp3) is 0.900. The van der Waals surface area contributed by atoms with E-state index in [4.69, 9.17) is 4.74 Å². The zero-order valence-corrected chi connectivity index (χ0v) is 8.42. The van der Waals surface area contributed by atoms with Crippen LogP contribution in [0.3, 0.4) is 0 Å². The van der Waals surface area contributed by atoms with Gasteiger partial charge in [0.1, 0.15) is 0 Å². The van der Waals surface area contributed by atoms with Gasteiger partial charge in [-0.1, -0.05) is 0 Å². The van der Waals surface area contributed by atoms with Crippen molar-refractivity contribution >= 4 is 5.91 Å². The number of hydrogen-bond acceptors (Lipinski definition) is 3. The molecule has 0 bridgehead atoms. The van der Waals surface area contributed by atoms with Gasteiger partial charge in [0.15, 0.2) is 0 Å². The molecule has 2 aliphatic rings. The highest BCUT2D eigenvalue weighted by Crippen LogP contribution is 2.14. The SMILES string of the molecule is O=C(CC1COC1)NC1CCCNC1. The van der Waals surface area contributed by atoms with Gasteiger partial charge in [0.25, 0.3) is 0 Å². The molecule has 2 saturated heterocycles. The summed E-state index contributed by atoms with van der Waals surface area (Å²) in [6.07, 6.45) is 2.91. The molecular formula is C10H18N2O2. The summed E-state index contributed by atoms with van der Waals surface area (Å²) in [7, 11) is 0. The van der Waals surface area contributed by atoms with Crippen molar-refractivity contribution in [1.29, 1.82) is 0 Å². The van der Waals surface area contributed by atoms with Crippen LogP contribution in [0.1, 0.15) is 19.3 Å². The highest BCUT2D eigenvalue weighted by molar-refractivity contribution is 5.76. The Morgan fingerprint density at radius 1 is 1.50 bits per heavy atom. The number of hydrogen-bond donors (Lipinski definition) is 2. The lowest BCUT2D eigenvalue weighted by Crippen LogP contribution is -2.46. The predicted molar refractivity (Wildman–Crippen MR) is 53.0 cm³/mol. The first-order valence-electron chi connectivity index (χ1n) is 5.42. The van der Waals surface area contributed by atoms with Crippen LogP contribution in [-0.2, 0) is 9.53 Å². The van der Waals surface area contributed by atoms with Gasteiger partial charge in [-0.3, -0.25) is 4.79 Å². The van der Waals surface area contributed by atoms with Crippen LogP contribution >= 0.6 is 0 Å². The van der Waals surface area contributed by atoms with Crippen molar-refractivity contribution in [1.82, 2.24) is 10.6 Å². The first-order chi connectivity index (χ1) is 6.84. The molecule has 1 unspecified atom stereocenters. The van der Waals surface area contributed by atoms with E-state index in [1.165, 1.54) is 0 Å². The van der Waals surface area contributed by atoms with Crippen LogP contribution in [0.4, 0.5) is 0 Å². The molecule has 2 rings (SSSR count). The lowest BCUT2D eigenvalue weighted by molar-refractivity contribution is -0.127. The molecule has 4 nitrogen and oxygen atoms in total. The summed E-state index contributed by atoms with van der Waals surface area (Å²) < 4.78 is 5.03. The third kappa shape index (κ3) is 2.69. The average Bonchev–Trinajstić information content (AvgIpc) is 2.13. The molecule has 0 aromatic rings. The molecule has 0 saturated carbocycles. The van der Waals surface area contributed by atoms with Crippen molar-refractivity contribution in [3.8, 4) is 0 Å². The number of ether oxygens (including phenoxy) is 1. The molecule has 2 N–H and O–H groups in total. The predicted octanol–water partition coefficient (Wildman–Crippen LogP) is -0.109. The topological polar surface area (TPSA) is 50.4 Å². The fourth-order valence-electron chi connectivity index (χ4n) is 1.93. The Hall–Kier alpha value is -0.610. The monoisotopic (exact) mass is 198 g/mol. The van der Waals surface area contributed by atoms with Crippen molar-refractivity contribution in [2.45, 2.75) is 25.3 Å². The van der Waals surface area contributed by atoms with Gasteiger partial charge >= 0.3 is 0 Å². The second kappa shape index (κ2) is 4.75. The normalized spacial score (nSPS) is 28.1. The summed E-state index contributed by atoms with van der Waals surface area (Å²) in [4.78, 5) is 11.5. The van der Waals surface area contributed by atoms with E-state index < -0.39 is 0 Å². The first-order valence-corrected chi connectivity index (χ1v) is 5.42. The maximum atomic E-state index is 11.5. The molecule has 0 aromatic carbocycles. The second-order valence-corrected chi connectivity index (χ2v) is 4.22. The summed E-state index contributed by atoms with van der Waals surface area (Å²) >= 11 is 0. The first kappa shape index (κ1) is 9.93. The standard InChI is InChI=1S/C10H18N2O2/c13-10(4-8-6-14-7-8)12-9-2-1-3-11-5-9/h8-9,11H,1-7H2,(H,12,13). The van der Waals surface area contributed by atoms with Gasteiger partial charge in [0.05, 0.1) is 13.2 Å². The van der Waals surface area contributed by atoms with E-state index in [9.17, 15) is 4.79 Å². The van der Waals surface area contributed by atoms with Crippen LogP contribution in [0.5, 0.6) is 0 Å². The number of amides is 1. The lowest BCUT2D eigenvalue weighted by Gasteiger charge is -2.28. The molecule has 2 fully saturated rings. The maximum absolute atomic E-state index is 11.5. The highest BCUT2D eigenvalue weighted by atomic mass is 16.5. The van der Waals surface area contributed by atoms with E-state index in [-0.39, 0.29) is 5.91 Å². The van der Waals surface area contributed by atoms with Gasteiger partial charge in [0, 0.05) is 24.9 Å². The van der Waals surface area contributed by atoms with Crippen LogP contribution in [0, 0.1) is 5.92 Å². The van der Waals surface area contributed by atoms with Crippen molar-refractivity contribution < 1.29 is 9.53 Å². The molecule has 2 heterocycles. The molecule has 1 atom stereocenters. The molecule has 0 aromatic heterocycles. The van der Waals surface area contributed by atoms with Crippen LogP contribution in [0.2, 0.25) is 0 Å². The molecule has 0 radical (unpaired) electrons. The second-order valence-electron chi connectivity index (χ2n) is 4.22. The van der Waals surface area contributed by atoms with E-state index in [0.29, 0.717) is 18.4 Å². The van der Waals surface area contributed by atoms with E-state index in [2.05, 4.69) is 10.6 Å². The Kier molecular flexibility index (Phi) is 3.37. The smallest absolute Gasteiger partial charge is 0.220 e. The summed E-state index contributed by atoms with van der Waals surface area (Å²) in [5.41, 5.74) is 0. The van der Waals surface area contributed by atoms with Gasteiger partial charge < -0.3 is 15.4 Å². The Morgan fingerprint density at radius 3 is 2.93 bits per heavy atom. The highest BCUT2D eigenvalue weighted by Gasteiger charge is 2.23. The van der Waals surface area contributed by atoms with Crippen molar-refractivity contribution in [2.75, 3.05) is 26.3 Å². The minimum Gasteiger partial charge on any atom is -0.381 e. The van der Waals surface area contributed by atoms with E-state index in [1.807, 2.05) is 0 Å². The zero-order valence-electron chi connectivity index (χ0n) is 8.42. The molecule has 14 heavy (non-hydrogen) atoms. The van der Waals surface area contributed by atoms with E-state index >= 15 is 0 Å². The van der Waals surface area contributed by atoms with Crippen LogP contribution < -0.4 is 10.6 Å². The number of rotatable bonds is 3. The zero-order chi connectivity index (χ0) is 9.80. The van der Waals surface area contributed by atoms with E-state index in [0.717, 1.165) is 39.1 Å². The van der Waals surface area contributed by atoms with Crippen LogP contribution in [0.25, 0.3) is 0 Å². The molecule has 0 spiro atoms. The third-order valence-electron chi connectivity index (χ3n) is 2.84. The summed E-state index contributed by atoms with van der Waals surface area (Å²) in [5.74, 6) is 0.651.